The van der Waals surface area contributed by atoms with E-state index in [1.165, 1.54) is 4.90 Å². The Hall–Kier alpha value is -0.330. The van der Waals surface area contributed by atoms with Gasteiger partial charge in [0.15, 0.2) is 0 Å². The Morgan fingerprint density at radius 2 is 2.00 bits per heavy atom. The van der Waals surface area contributed by atoms with Crippen LogP contribution < -0.4 is 5.73 Å². The molecule has 1 aliphatic heterocycles. The van der Waals surface area contributed by atoms with Crippen LogP contribution >= 0.6 is 0 Å². The Bertz CT molecular complexity index is 168. The molecule has 13 heavy (non-hydrogen) atoms. The molecule has 0 aromatic heterocycles. The third-order valence-corrected chi connectivity index (χ3v) is 2.16. The summed E-state index contributed by atoms with van der Waals surface area (Å²) in [6.07, 6.45) is -4.53. The number of alkyl halides is 3. The molecule has 1 aliphatic rings. The summed E-state index contributed by atoms with van der Waals surface area (Å²) >= 11 is 0. The van der Waals surface area contributed by atoms with Crippen LogP contribution in [0.2, 0.25) is 0 Å². The maximum absolute atomic E-state index is 12.3. The van der Waals surface area contributed by atoms with Crippen LogP contribution in [0, 0.1) is 0 Å². The molecule has 1 fully saturated rings. The molecule has 0 spiro atoms. The van der Waals surface area contributed by atoms with Crippen molar-refractivity contribution >= 4 is 0 Å². The second-order valence-electron chi connectivity index (χ2n) is 3.28. The monoisotopic (exact) mass is 198 g/mol. The zero-order chi connectivity index (χ0) is 10.1. The molecule has 1 atom stereocenters. The molecule has 0 amide bonds. The van der Waals surface area contributed by atoms with E-state index in [9.17, 15) is 13.2 Å². The average molecular weight is 198 g/mol. The SMILES string of the molecule is NC1CN(C(CCO)C(F)(F)F)C1. The zero-order valence-corrected chi connectivity index (χ0v) is 7.09. The van der Waals surface area contributed by atoms with Gasteiger partial charge in [-0.1, -0.05) is 0 Å². The highest BCUT2D eigenvalue weighted by molar-refractivity contribution is 4.90. The molecular formula is C7H13F3N2O. The van der Waals surface area contributed by atoms with Crippen molar-refractivity contribution in [2.24, 2.45) is 5.73 Å². The average Bonchev–Trinajstić information content (AvgIpc) is 1.92. The van der Waals surface area contributed by atoms with Crippen LogP contribution in [0.1, 0.15) is 6.42 Å². The summed E-state index contributed by atoms with van der Waals surface area (Å²) in [6.45, 7) is 0.0876. The van der Waals surface area contributed by atoms with Crippen LogP contribution in [0.3, 0.4) is 0 Å². The number of rotatable bonds is 3. The molecule has 6 heteroatoms. The maximum Gasteiger partial charge on any atom is 0.404 e. The molecule has 0 aliphatic carbocycles. The molecule has 1 saturated heterocycles. The van der Waals surface area contributed by atoms with Gasteiger partial charge in [0.05, 0.1) is 0 Å². The summed E-state index contributed by atoms with van der Waals surface area (Å²) in [4.78, 5) is 1.25. The molecule has 0 radical (unpaired) electrons. The Balaban J connectivity index is 2.48. The minimum absolute atomic E-state index is 0.149. The lowest BCUT2D eigenvalue weighted by atomic mass is 10.0. The fraction of sp³-hybridized carbons (Fsp3) is 1.00. The highest BCUT2D eigenvalue weighted by Gasteiger charge is 2.46. The first kappa shape index (κ1) is 10.7. The number of aliphatic hydroxyl groups excluding tert-OH is 1. The van der Waals surface area contributed by atoms with Gasteiger partial charge in [-0.05, 0) is 6.42 Å². The van der Waals surface area contributed by atoms with Crippen LogP contribution in [0.5, 0.6) is 0 Å². The summed E-state index contributed by atoms with van der Waals surface area (Å²) in [5.74, 6) is 0. The van der Waals surface area contributed by atoms with E-state index in [2.05, 4.69) is 0 Å². The molecule has 0 aromatic carbocycles. The third kappa shape index (κ3) is 2.55. The van der Waals surface area contributed by atoms with Crippen molar-refractivity contribution in [2.45, 2.75) is 24.7 Å². The summed E-state index contributed by atoms with van der Waals surface area (Å²) in [5, 5.41) is 8.48. The van der Waals surface area contributed by atoms with E-state index in [1.54, 1.807) is 0 Å². The van der Waals surface area contributed by atoms with Crippen LogP contribution in [0.15, 0.2) is 0 Å². The van der Waals surface area contributed by atoms with Crippen LogP contribution in [-0.2, 0) is 0 Å². The lowest BCUT2D eigenvalue weighted by Crippen LogP contribution is -2.62. The van der Waals surface area contributed by atoms with Gasteiger partial charge < -0.3 is 10.8 Å². The summed E-state index contributed by atoms with van der Waals surface area (Å²) in [5.41, 5.74) is 5.37. The number of nitrogens with two attached hydrogens (primary N) is 1. The number of likely N-dealkylation sites (tertiary alicyclic amines) is 1. The second-order valence-corrected chi connectivity index (χ2v) is 3.28. The number of aliphatic hydroxyl groups is 1. The van der Waals surface area contributed by atoms with Crippen LogP contribution in [0.25, 0.3) is 0 Å². The number of halogens is 3. The molecule has 3 N–H and O–H groups in total. The minimum atomic E-state index is -4.26. The third-order valence-electron chi connectivity index (χ3n) is 2.16. The summed E-state index contributed by atoms with van der Waals surface area (Å²) in [6, 6.07) is -1.68. The van der Waals surface area contributed by atoms with E-state index < -0.39 is 18.8 Å². The molecule has 0 bridgehead atoms. The Kier molecular flexibility index (Phi) is 3.15. The first-order valence-corrected chi connectivity index (χ1v) is 4.12. The smallest absolute Gasteiger partial charge is 0.396 e. The lowest BCUT2D eigenvalue weighted by Gasteiger charge is -2.43. The predicted molar refractivity (Wildman–Crippen MR) is 41.1 cm³/mol. The van der Waals surface area contributed by atoms with Gasteiger partial charge in [0, 0.05) is 25.7 Å². The van der Waals surface area contributed by atoms with Crippen molar-refractivity contribution in [3.05, 3.63) is 0 Å². The van der Waals surface area contributed by atoms with Gasteiger partial charge >= 0.3 is 6.18 Å². The summed E-state index contributed by atoms with van der Waals surface area (Å²) in [7, 11) is 0. The standard InChI is InChI=1S/C7H13F3N2O/c8-7(9,10)6(1-2-13)12-3-5(11)4-12/h5-6,13H,1-4,11H2. The Morgan fingerprint density at radius 3 is 2.31 bits per heavy atom. The molecule has 1 rings (SSSR count). The fourth-order valence-electron chi connectivity index (χ4n) is 1.48. The number of hydrogen-bond donors (Lipinski definition) is 2. The van der Waals surface area contributed by atoms with Crippen molar-refractivity contribution in [3.63, 3.8) is 0 Å². The molecule has 1 unspecified atom stereocenters. The van der Waals surface area contributed by atoms with Gasteiger partial charge in [-0.15, -0.1) is 0 Å². The van der Waals surface area contributed by atoms with Crippen molar-refractivity contribution in [3.8, 4) is 0 Å². The van der Waals surface area contributed by atoms with E-state index in [0.29, 0.717) is 0 Å². The molecular weight excluding hydrogens is 185 g/mol. The van der Waals surface area contributed by atoms with Gasteiger partial charge in [0.1, 0.15) is 6.04 Å². The molecule has 0 aromatic rings. The van der Waals surface area contributed by atoms with E-state index >= 15 is 0 Å². The first-order valence-electron chi connectivity index (χ1n) is 4.12. The quantitative estimate of drug-likeness (QED) is 0.668. The Labute approximate surface area is 74.3 Å². The lowest BCUT2D eigenvalue weighted by molar-refractivity contribution is -0.197. The molecule has 1 heterocycles. The highest BCUT2D eigenvalue weighted by Crippen LogP contribution is 2.29. The zero-order valence-electron chi connectivity index (χ0n) is 7.09. The van der Waals surface area contributed by atoms with Crippen molar-refractivity contribution in [2.75, 3.05) is 19.7 Å². The van der Waals surface area contributed by atoms with Crippen molar-refractivity contribution in [1.29, 1.82) is 0 Å². The molecule has 78 valence electrons. The predicted octanol–water partition coefficient (Wildman–Crippen LogP) is -0.0574. The number of nitrogens with zero attached hydrogens (tertiary/aromatic N) is 1. The van der Waals surface area contributed by atoms with Gasteiger partial charge in [0.25, 0.3) is 0 Å². The van der Waals surface area contributed by atoms with E-state index in [4.69, 9.17) is 10.8 Å². The fourth-order valence-corrected chi connectivity index (χ4v) is 1.48. The van der Waals surface area contributed by atoms with Crippen LogP contribution in [-0.4, -0.2) is 48.0 Å². The Morgan fingerprint density at radius 1 is 1.46 bits per heavy atom. The molecule has 3 nitrogen and oxygen atoms in total. The van der Waals surface area contributed by atoms with E-state index in [0.717, 1.165) is 0 Å². The maximum atomic E-state index is 12.3. The second kappa shape index (κ2) is 3.81. The van der Waals surface area contributed by atoms with Crippen LogP contribution in [0.4, 0.5) is 13.2 Å². The normalized spacial score (nSPS) is 22.8. The van der Waals surface area contributed by atoms with Gasteiger partial charge in [-0.3, -0.25) is 4.90 Å². The van der Waals surface area contributed by atoms with E-state index in [1.807, 2.05) is 0 Å². The van der Waals surface area contributed by atoms with Gasteiger partial charge in [-0.25, -0.2) is 0 Å². The topological polar surface area (TPSA) is 49.5 Å². The van der Waals surface area contributed by atoms with Gasteiger partial charge in [-0.2, -0.15) is 13.2 Å². The largest absolute Gasteiger partial charge is 0.404 e. The highest BCUT2D eigenvalue weighted by atomic mass is 19.4. The minimum Gasteiger partial charge on any atom is -0.396 e. The molecule has 0 saturated carbocycles. The van der Waals surface area contributed by atoms with Crippen molar-refractivity contribution in [1.82, 2.24) is 4.90 Å². The number of hydrogen-bond acceptors (Lipinski definition) is 3. The van der Waals surface area contributed by atoms with Crippen molar-refractivity contribution < 1.29 is 18.3 Å². The first-order chi connectivity index (χ1) is 5.95. The summed E-state index contributed by atoms with van der Waals surface area (Å²) < 4.78 is 36.9. The van der Waals surface area contributed by atoms with E-state index in [-0.39, 0.29) is 25.6 Å². The van der Waals surface area contributed by atoms with Gasteiger partial charge in [0.2, 0.25) is 0 Å².